The van der Waals surface area contributed by atoms with E-state index in [1.54, 1.807) is 32.0 Å². The zero-order valence-corrected chi connectivity index (χ0v) is 11.3. The van der Waals surface area contributed by atoms with Crippen LogP contribution in [0.5, 0.6) is 0 Å². The smallest absolute Gasteiger partial charge is 0.239 e. The molecule has 0 aliphatic carbocycles. The minimum Gasteiger partial charge on any atom is -0.397 e. The molecule has 1 amide bonds. The van der Waals surface area contributed by atoms with E-state index in [-0.39, 0.29) is 5.91 Å². The molecular formula is C11H15ClN2O2S. The van der Waals surface area contributed by atoms with Crippen molar-refractivity contribution >= 4 is 39.7 Å². The van der Waals surface area contributed by atoms with Gasteiger partial charge in [-0.25, -0.2) is 0 Å². The van der Waals surface area contributed by atoms with E-state index in [1.807, 2.05) is 0 Å². The van der Waals surface area contributed by atoms with Gasteiger partial charge < -0.3 is 11.1 Å². The van der Waals surface area contributed by atoms with E-state index in [1.165, 1.54) is 0 Å². The van der Waals surface area contributed by atoms with Crippen LogP contribution in [0.15, 0.2) is 18.2 Å². The summed E-state index contributed by atoms with van der Waals surface area (Å²) >= 11 is 5.77. The van der Waals surface area contributed by atoms with Crippen molar-refractivity contribution in [2.45, 2.75) is 19.1 Å². The molecule has 0 heterocycles. The fourth-order valence-electron chi connectivity index (χ4n) is 1.23. The molecule has 0 radical (unpaired) electrons. The van der Waals surface area contributed by atoms with Gasteiger partial charge in [0.15, 0.2) is 0 Å². The Labute approximate surface area is 108 Å². The van der Waals surface area contributed by atoms with Gasteiger partial charge in [-0.15, -0.1) is 0 Å². The van der Waals surface area contributed by atoms with Crippen LogP contribution in [-0.4, -0.2) is 21.1 Å². The summed E-state index contributed by atoms with van der Waals surface area (Å²) in [6, 6.07) is 4.83. The van der Waals surface area contributed by atoms with Gasteiger partial charge in [-0.1, -0.05) is 18.5 Å². The molecule has 94 valence electrons. The van der Waals surface area contributed by atoms with Crippen LogP contribution < -0.4 is 11.1 Å². The Hall–Kier alpha value is -1.07. The highest BCUT2D eigenvalue weighted by Crippen LogP contribution is 2.22. The van der Waals surface area contributed by atoms with Crippen LogP contribution in [0, 0.1) is 0 Å². The zero-order chi connectivity index (χ0) is 13.0. The van der Waals surface area contributed by atoms with Gasteiger partial charge in [-0.3, -0.25) is 9.00 Å². The third kappa shape index (κ3) is 3.71. The molecule has 17 heavy (non-hydrogen) atoms. The van der Waals surface area contributed by atoms with Gasteiger partial charge >= 0.3 is 0 Å². The van der Waals surface area contributed by atoms with E-state index in [0.29, 0.717) is 22.2 Å². The summed E-state index contributed by atoms with van der Waals surface area (Å²) < 4.78 is 11.5. The van der Waals surface area contributed by atoms with Crippen molar-refractivity contribution in [2.75, 3.05) is 16.8 Å². The van der Waals surface area contributed by atoms with Crippen LogP contribution in [0.3, 0.4) is 0 Å². The molecule has 1 rings (SSSR count). The SMILES string of the molecule is CCS(=O)C(C)C(=O)Nc1ccc(Cl)c(N)c1. The zero-order valence-electron chi connectivity index (χ0n) is 9.70. The first-order valence-electron chi connectivity index (χ1n) is 5.18. The second kappa shape index (κ2) is 6.02. The fourth-order valence-corrected chi connectivity index (χ4v) is 2.15. The van der Waals surface area contributed by atoms with Crippen LogP contribution in [0.4, 0.5) is 11.4 Å². The Morgan fingerprint density at radius 1 is 1.59 bits per heavy atom. The number of benzene rings is 1. The number of hydrogen-bond donors (Lipinski definition) is 2. The monoisotopic (exact) mass is 274 g/mol. The van der Waals surface area contributed by atoms with Crippen molar-refractivity contribution in [3.05, 3.63) is 23.2 Å². The Morgan fingerprint density at radius 3 is 2.76 bits per heavy atom. The predicted molar refractivity (Wildman–Crippen MR) is 72.6 cm³/mol. The molecular weight excluding hydrogens is 260 g/mol. The average molecular weight is 275 g/mol. The number of hydrogen-bond acceptors (Lipinski definition) is 3. The Balaban J connectivity index is 2.74. The maximum absolute atomic E-state index is 11.7. The summed E-state index contributed by atoms with van der Waals surface area (Å²) in [4.78, 5) is 11.7. The molecule has 1 aromatic rings. The molecule has 2 unspecified atom stereocenters. The van der Waals surface area contributed by atoms with Crippen molar-refractivity contribution in [1.29, 1.82) is 0 Å². The minimum absolute atomic E-state index is 0.285. The lowest BCUT2D eigenvalue weighted by atomic mass is 10.2. The molecule has 0 aliphatic rings. The highest BCUT2D eigenvalue weighted by Gasteiger charge is 2.18. The summed E-state index contributed by atoms with van der Waals surface area (Å²) in [5, 5.41) is 2.55. The van der Waals surface area contributed by atoms with Crippen molar-refractivity contribution in [3.63, 3.8) is 0 Å². The predicted octanol–water partition coefficient (Wildman–Crippen LogP) is 2.02. The van der Waals surface area contributed by atoms with Gasteiger partial charge in [-0.05, 0) is 25.1 Å². The molecule has 0 saturated heterocycles. The van der Waals surface area contributed by atoms with E-state index in [0.717, 1.165) is 0 Å². The molecule has 0 spiro atoms. The quantitative estimate of drug-likeness (QED) is 0.825. The molecule has 3 N–H and O–H groups in total. The number of nitrogens with two attached hydrogens (primary N) is 1. The van der Waals surface area contributed by atoms with Gasteiger partial charge in [0.25, 0.3) is 0 Å². The van der Waals surface area contributed by atoms with Gasteiger partial charge in [0.1, 0.15) is 5.25 Å². The average Bonchev–Trinajstić information content (AvgIpc) is 2.31. The fraction of sp³-hybridized carbons (Fsp3) is 0.364. The third-order valence-corrected chi connectivity index (χ3v) is 4.23. The number of carbonyl (C=O) groups is 1. The minimum atomic E-state index is -1.15. The third-order valence-electron chi connectivity index (χ3n) is 2.31. The second-order valence-electron chi connectivity index (χ2n) is 3.54. The molecule has 1 aromatic carbocycles. The molecule has 6 heteroatoms. The summed E-state index contributed by atoms with van der Waals surface area (Å²) in [6.07, 6.45) is 0. The van der Waals surface area contributed by atoms with E-state index < -0.39 is 16.0 Å². The lowest BCUT2D eigenvalue weighted by molar-refractivity contribution is -0.115. The second-order valence-corrected chi connectivity index (χ2v) is 5.99. The lowest BCUT2D eigenvalue weighted by Gasteiger charge is -2.11. The van der Waals surface area contributed by atoms with Gasteiger partial charge in [-0.2, -0.15) is 0 Å². The normalized spacial score (nSPS) is 14.1. The largest absolute Gasteiger partial charge is 0.397 e. The number of nitrogens with one attached hydrogen (secondary N) is 1. The standard InChI is InChI=1S/C11H15ClN2O2S/c1-3-17(16)7(2)11(15)14-8-4-5-9(12)10(13)6-8/h4-7H,3,13H2,1-2H3,(H,14,15). The Morgan fingerprint density at radius 2 is 2.24 bits per heavy atom. The van der Waals surface area contributed by atoms with Crippen molar-refractivity contribution in [2.24, 2.45) is 0 Å². The van der Waals surface area contributed by atoms with Crippen LogP contribution in [0.2, 0.25) is 5.02 Å². The van der Waals surface area contributed by atoms with E-state index in [9.17, 15) is 9.00 Å². The summed E-state index contributed by atoms with van der Waals surface area (Å²) in [6.45, 7) is 3.41. The number of anilines is 2. The summed E-state index contributed by atoms with van der Waals surface area (Å²) in [7, 11) is -1.15. The summed E-state index contributed by atoms with van der Waals surface area (Å²) in [5.74, 6) is 0.170. The maximum Gasteiger partial charge on any atom is 0.239 e. The van der Waals surface area contributed by atoms with E-state index in [4.69, 9.17) is 17.3 Å². The van der Waals surface area contributed by atoms with Gasteiger partial charge in [0.2, 0.25) is 5.91 Å². The van der Waals surface area contributed by atoms with Crippen LogP contribution in [0.25, 0.3) is 0 Å². The van der Waals surface area contributed by atoms with Crippen LogP contribution >= 0.6 is 11.6 Å². The first-order valence-corrected chi connectivity index (χ1v) is 6.94. The van der Waals surface area contributed by atoms with Gasteiger partial charge in [0, 0.05) is 22.2 Å². The van der Waals surface area contributed by atoms with E-state index >= 15 is 0 Å². The molecule has 4 nitrogen and oxygen atoms in total. The summed E-state index contributed by atoms with van der Waals surface area (Å²) in [5.41, 5.74) is 6.56. The van der Waals surface area contributed by atoms with E-state index in [2.05, 4.69) is 5.32 Å². The first-order chi connectivity index (χ1) is 7.95. The van der Waals surface area contributed by atoms with Crippen molar-refractivity contribution in [3.8, 4) is 0 Å². The molecule has 0 fully saturated rings. The van der Waals surface area contributed by atoms with Gasteiger partial charge in [0.05, 0.1) is 10.7 Å². The van der Waals surface area contributed by atoms with Crippen LogP contribution in [-0.2, 0) is 15.6 Å². The Bertz CT molecular complexity index is 451. The number of rotatable bonds is 4. The highest BCUT2D eigenvalue weighted by atomic mass is 35.5. The van der Waals surface area contributed by atoms with Crippen molar-refractivity contribution in [1.82, 2.24) is 0 Å². The van der Waals surface area contributed by atoms with Crippen LogP contribution in [0.1, 0.15) is 13.8 Å². The number of carbonyl (C=O) groups excluding carboxylic acids is 1. The molecule has 0 aromatic heterocycles. The Kier molecular flexibility index (Phi) is 4.96. The molecule has 0 saturated carbocycles. The van der Waals surface area contributed by atoms with Crippen molar-refractivity contribution < 1.29 is 9.00 Å². The first kappa shape index (κ1) is 14.0. The molecule has 0 aliphatic heterocycles. The topological polar surface area (TPSA) is 72.2 Å². The maximum atomic E-state index is 11.7. The number of nitrogen functional groups attached to an aromatic ring is 1. The number of amides is 1. The molecule has 2 atom stereocenters. The number of halogens is 1. The highest BCUT2D eigenvalue weighted by molar-refractivity contribution is 7.86. The molecule has 0 bridgehead atoms. The lowest BCUT2D eigenvalue weighted by Crippen LogP contribution is -2.29.